The third-order valence-electron chi connectivity index (χ3n) is 7.02. The van der Waals surface area contributed by atoms with Crippen molar-refractivity contribution in [2.75, 3.05) is 26.4 Å². The summed E-state index contributed by atoms with van der Waals surface area (Å²) >= 11 is 0. The number of nitrogens with zero attached hydrogens (tertiary/aromatic N) is 1. The summed E-state index contributed by atoms with van der Waals surface area (Å²) in [5, 5.41) is 13.2. The molecule has 140 valence electrons. The molecule has 1 N–H and O–H groups in total. The van der Waals surface area contributed by atoms with Crippen molar-refractivity contribution in [1.82, 2.24) is 5.06 Å². The van der Waals surface area contributed by atoms with Gasteiger partial charge in [0.15, 0.2) is 0 Å². The van der Waals surface area contributed by atoms with Crippen LogP contribution in [0.4, 0.5) is 0 Å². The summed E-state index contributed by atoms with van der Waals surface area (Å²) in [7, 11) is 0. The molecular weight excluding hydrogens is 302 g/mol. The van der Waals surface area contributed by atoms with Crippen LogP contribution in [0.2, 0.25) is 0 Å². The van der Waals surface area contributed by atoms with Gasteiger partial charge in [-0.2, -0.15) is 5.06 Å². The summed E-state index contributed by atoms with van der Waals surface area (Å²) in [6.07, 6.45) is 11.4. The van der Waals surface area contributed by atoms with Crippen LogP contribution in [0.1, 0.15) is 78.1 Å². The van der Waals surface area contributed by atoms with E-state index in [-0.39, 0.29) is 11.1 Å². The molecule has 3 rings (SSSR count). The molecule has 0 aromatic heterocycles. The summed E-state index contributed by atoms with van der Waals surface area (Å²) in [4.78, 5) is 0. The standard InChI is InChI=1S/C20H37NO3/c1-3-5-17(6-4-2)18-15-19(7-11-23-12-8-19)21(22)20(16-18)9-13-24-14-10-20/h17-18,22H,3-16H2,1-2H3. The van der Waals surface area contributed by atoms with E-state index in [1.165, 1.54) is 25.7 Å². The van der Waals surface area contributed by atoms with E-state index in [0.29, 0.717) is 0 Å². The van der Waals surface area contributed by atoms with E-state index in [9.17, 15) is 5.21 Å². The van der Waals surface area contributed by atoms with Gasteiger partial charge in [0, 0.05) is 26.4 Å². The zero-order chi connectivity index (χ0) is 17.0. The van der Waals surface area contributed by atoms with Crippen molar-refractivity contribution in [3.8, 4) is 0 Å². The fourth-order valence-electron chi connectivity index (χ4n) is 5.75. The van der Waals surface area contributed by atoms with E-state index in [2.05, 4.69) is 13.8 Å². The predicted molar refractivity (Wildman–Crippen MR) is 95.2 cm³/mol. The van der Waals surface area contributed by atoms with Gasteiger partial charge in [-0.25, -0.2) is 0 Å². The van der Waals surface area contributed by atoms with Gasteiger partial charge in [0.05, 0.1) is 11.1 Å². The zero-order valence-electron chi connectivity index (χ0n) is 15.8. The lowest BCUT2D eigenvalue weighted by molar-refractivity contribution is -0.302. The number of hydrogen-bond acceptors (Lipinski definition) is 4. The van der Waals surface area contributed by atoms with Crippen molar-refractivity contribution in [2.45, 2.75) is 89.1 Å². The second kappa shape index (κ2) is 8.03. The van der Waals surface area contributed by atoms with Gasteiger partial charge in [-0.15, -0.1) is 0 Å². The monoisotopic (exact) mass is 339 g/mol. The van der Waals surface area contributed by atoms with Crippen molar-refractivity contribution < 1.29 is 14.7 Å². The van der Waals surface area contributed by atoms with Crippen molar-refractivity contribution in [1.29, 1.82) is 0 Å². The Balaban J connectivity index is 1.87. The molecule has 2 spiro atoms. The normalized spacial score (nSPS) is 30.2. The van der Waals surface area contributed by atoms with Crippen LogP contribution in [0.15, 0.2) is 0 Å². The van der Waals surface area contributed by atoms with E-state index in [4.69, 9.17) is 9.47 Å². The molecule has 0 atom stereocenters. The van der Waals surface area contributed by atoms with Gasteiger partial charge in [-0.05, 0) is 50.4 Å². The van der Waals surface area contributed by atoms with Crippen LogP contribution in [-0.4, -0.2) is 47.8 Å². The Morgan fingerprint density at radius 1 is 0.875 bits per heavy atom. The largest absolute Gasteiger partial charge is 0.381 e. The van der Waals surface area contributed by atoms with E-state index >= 15 is 0 Å². The van der Waals surface area contributed by atoms with Crippen molar-refractivity contribution >= 4 is 0 Å². The minimum atomic E-state index is -0.0573. The molecule has 0 saturated carbocycles. The Labute approximate surface area is 147 Å². The fraction of sp³-hybridized carbons (Fsp3) is 1.00. The van der Waals surface area contributed by atoms with Crippen LogP contribution in [0, 0.1) is 11.8 Å². The Morgan fingerprint density at radius 2 is 1.29 bits per heavy atom. The minimum absolute atomic E-state index is 0.0573. The molecule has 0 unspecified atom stereocenters. The molecule has 3 aliphatic heterocycles. The number of rotatable bonds is 5. The molecule has 0 radical (unpaired) electrons. The first-order chi connectivity index (χ1) is 11.7. The Bertz CT molecular complexity index is 354. The van der Waals surface area contributed by atoms with Gasteiger partial charge < -0.3 is 14.7 Å². The number of hydrogen-bond donors (Lipinski definition) is 1. The summed E-state index contributed by atoms with van der Waals surface area (Å²) < 4.78 is 11.3. The van der Waals surface area contributed by atoms with Gasteiger partial charge in [0.25, 0.3) is 0 Å². The first-order valence-corrected chi connectivity index (χ1v) is 10.3. The fourth-order valence-corrected chi connectivity index (χ4v) is 5.75. The first kappa shape index (κ1) is 18.6. The molecule has 0 aliphatic carbocycles. The number of piperidine rings is 1. The molecule has 3 saturated heterocycles. The summed E-state index contributed by atoms with van der Waals surface area (Å²) in [5.74, 6) is 1.55. The summed E-state index contributed by atoms with van der Waals surface area (Å²) in [6.45, 7) is 7.81. The topological polar surface area (TPSA) is 41.9 Å². The van der Waals surface area contributed by atoms with Gasteiger partial charge in [0.2, 0.25) is 0 Å². The SMILES string of the molecule is CCCC(CCC)C1CC2(CCOCC2)N(O)C2(CCOCC2)C1. The van der Waals surface area contributed by atoms with E-state index in [0.717, 1.165) is 76.8 Å². The molecule has 4 nitrogen and oxygen atoms in total. The van der Waals surface area contributed by atoms with Crippen LogP contribution in [0.5, 0.6) is 0 Å². The maximum atomic E-state index is 11.3. The van der Waals surface area contributed by atoms with Crippen LogP contribution in [0.3, 0.4) is 0 Å². The zero-order valence-corrected chi connectivity index (χ0v) is 15.8. The van der Waals surface area contributed by atoms with Crippen molar-refractivity contribution in [3.05, 3.63) is 0 Å². The average molecular weight is 340 g/mol. The second-order valence-corrected chi connectivity index (χ2v) is 8.49. The smallest absolute Gasteiger partial charge is 0.0513 e. The van der Waals surface area contributed by atoms with Crippen LogP contribution >= 0.6 is 0 Å². The summed E-state index contributed by atoms with van der Waals surface area (Å²) in [6, 6.07) is 0. The lowest BCUT2D eigenvalue weighted by Gasteiger charge is -2.60. The molecule has 24 heavy (non-hydrogen) atoms. The van der Waals surface area contributed by atoms with Gasteiger partial charge in [-0.3, -0.25) is 0 Å². The molecule has 3 heterocycles. The molecule has 0 amide bonds. The molecule has 3 aliphatic rings. The highest BCUT2D eigenvalue weighted by Crippen LogP contribution is 2.52. The van der Waals surface area contributed by atoms with Crippen LogP contribution in [-0.2, 0) is 9.47 Å². The average Bonchev–Trinajstić information content (AvgIpc) is 2.61. The lowest BCUT2D eigenvalue weighted by Crippen LogP contribution is -2.67. The van der Waals surface area contributed by atoms with Crippen LogP contribution < -0.4 is 0 Å². The van der Waals surface area contributed by atoms with Crippen molar-refractivity contribution in [3.63, 3.8) is 0 Å². The summed E-state index contributed by atoms with van der Waals surface area (Å²) in [5.41, 5.74) is -0.115. The molecule has 4 heteroatoms. The third kappa shape index (κ3) is 3.53. The van der Waals surface area contributed by atoms with Crippen molar-refractivity contribution in [2.24, 2.45) is 11.8 Å². The maximum absolute atomic E-state index is 11.3. The molecular formula is C20H37NO3. The van der Waals surface area contributed by atoms with Gasteiger partial charge in [-0.1, -0.05) is 39.5 Å². The van der Waals surface area contributed by atoms with Crippen LogP contribution in [0.25, 0.3) is 0 Å². The number of ether oxygens (including phenoxy) is 2. The molecule has 0 aromatic carbocycles. The van der Waals surface area contributed by atoms with E-state index in [1.807, 2.05) is 5.06 Å². The molecule has 0 bridgehead atoms. The molecule has 3 fully saturated rings. The third-order valence-corrected chi connectivity index (χ3v) is 7.02. The second-order valence-electron chi connectivity index (χ2n) is 8.49. The Hall–Kier alpha value is -0.160. The quantitative estimate of drug-likeness (QED) is 0.806. The Kier molecular flexibility index (Phi) is 6.23. The lowest BCUT2D eigenvalue weighted by atomic mass is 9.63. The van der Waals surface area contributed by atoms with Gasteiger partial charge >= 0.3 is 0 Å². The highest BCUT2D eigenvalue weighted by molar-refractivity contribution is 5.06. The van der Waals surface area contributed by atoms with Gasteiger partial charge in [0.1, 0.15) is 0 Å². The first-order valence-electron chi connectivity index (χ1n) is 10.3. The molecule has 0 aromatic rings. The maximum Gasteiger partial charge on any atom is 0.0513 e. The highest BCUT2D eigenvalue weighted by atomic mass is 16.5. The highest BCUT2D eigenvalue weighted by Gasteiger charge is 2.55. The Morgan fingerprint density at radius 3 is 1.67 bits per heavy atom. The number of hydroxylamine groups is 2. The minimum Gasteiger partial charge on any atom is -0.381 e. The van der Waals surface area contributed by atoms with E-state index in [1.54, 1.807) is 0 Å². The van der Waals surface area contributed by atoms with E-state index < -0.39 is 0 Å². The predicted octanol–water partition coefficient (Wildman–Crippen LogP) is 4.40.